The summed E-state index contributed by atoms with van der Waals surface area (Å²) in [7, 11) is 3.17. The number of rotatable bonds is 11. The molecule has 1 heterocycles. The quantitative estimate of drug-likeness (QED) is 0.352. The zero-order chi connectivity index (χ0) is 17.8. The van der Waals surface area contributed by atoms with Crippen molar-refractivity contribution in [2.45, 2.75) is 69.9 Å². The number of allylic oxidation sites excluding steroid dienone is 1. The zero-order valence-electron chi connectivity index (χ0n) is 15.2. The molecule has 24 heavy (non-hydrogen) atoms. The maximum atomic E-state index is 11.6. The van der Waals surface area contributed by atoms with Crippen LogP contribution >= 0.6 is 0 Å². The molecule has 1 rings (SSSR count). The Morgan fingerprint density at radius 3 is 2.54 bits per heavy atom. The number of ether oxygens (including phenoxy) is 4. The lowest BCUT2D eigenvalue weighted by molar-refractivity contribution is -0.209. The standard InChI is InChI=1S/C18H33NO5/c1-4-5-6-7-8-9-10-11-14-18(24-16(20)12-19)17(22-3)15(21-2)13-23-14/h10-11,14-15,17-18H,4-9,12-13,19H2,1-3H3/b11-10+/t14-,15+,17-,18+/m0/s1. The van der Waals surface area contributed by atoms with E-state index >= 15 is 0 Å². The van der Waals surface area contributed by atoms with Crippen LogP contribution in [0.1, 0.15) is 45.4 Å². The lowest BCUT2D eigenvalue weighted by atomic mass is 9.98. The van der Waals surface area contributed by atoms with E-state index in [-0.39, 0.29) is 24.9 Å². The Bertz CT molecular complexity index is 374. The molecule has 0 radical (unpaired) electrons. The van der Waals surface area contributed by atoms with Crippen molar-refractivity contribution in [3.63, 3.8) is 0 Å². The fourth-order valence-electron chi connectivity index (χ4n) is 2.88. The predicted octanol–water partition coefficient (Wildman–Crippen LogP) is 2.20. The van der Waals surface area contributed by atoms with Gasteiger partial charge >= 0.3 is 5.97 Å². The van der Waals surface area contributed by atoms with E-state index in [1.807, 2.05) is 6.08 Å². The molecule has 0 bridgehead atoms. The van der Waals surface area contributed by atoms with Crippen LogP contribution in [0.25, 0.3) is 0 Å². The first-order chi connectivity index (χ1) is 11.7. The number of nitrogens with two attached hydrogens (primary N) is 1. The van der Waals surface area contributed by atoms with Gasteiger partial charge in [0.1, 0.15) is 18.3 Å². The van der Waals surface area contributed by atoms with E-state index in [1.54, 1.807) is 14.2 Å². The molecule has 0 aliphatic carbocycles. The highest BCUT2D eigenvalue weighted by Gasteiger charge is 2.42. The maximum Gasteiger partial charge on any atom is 0.320 e. The lowest BCUT2D eigenvalue weighted by Crippen LogP contribution is -2.55. The fraction of sp³-hybridized carbons (Fsp3) is 0.833. The normalized spacial score (nSPS) is 27.5. The van der Waals surface area contributed by atoms with Gasteiger partial charge in [-0.25, -0.2) is 0 Å². The van der Waals surface area contributed by atoms with Gasteiger partial charge in [-0.05, 0) is 12.8 Å². The van der Waals surface area contributed by atoms with Gasteiger partial charge in [-0.2, -0.15) is 0 Å². The molecule has 2 N–H and O–H groups in total. The smallest absolute Gasteiger partial charge is 0.320 e. The van der Waals surface area contributed by atoms with Crippen LogP contribution in [0.5, 0.6) is 0 Å². The van der Waals surface area contributed by atoms with Crippen LogP contribution in [0.2, 0.25) is 0 Å². The summed E-state index contributed by atoms with van der Waals surface area (Å²) in [5, 5.41) is 0. The summed E-state index contributed by atoms with van der Waals surface area (Å²) in [6, 6.07) is 0. The van der Waals surface area contributed by atoms with Gasteiger partial charge in [-0.15, -0.1) is 0 Å². The minimum atomic E-state index is -0.555. The van der Waals surface area contributed by atoms with Crippen LogP contribution in [0.15, 0.2) is 12.2 Å². The number of hydrogen-bond acceptors (Lipinski definition) is 6. The van der Waals surface area contributed by atoms with Gasteiger partial charge < -0.3 is 24.7 Å². The van der Waals surface area contributed by atoms with Crippen molar-refractivity contribution in [2.75, 3.05) is 27.4 Å². The minimum absolute atomic E-state index is 0.168. The van der Waals surface area contributed by atoms with Gasteiger partial charge in [0, 0.05) is 14.2 Å². The zero-order valence-corrected chi connectivity index (χ0v) is 15.2. The van der Waals surface area contributed by atoms with Crippen molar-refractivity contribution in [1.29, 1.82) is 0 Å². The molecule has 0 aromatic rings. The number of hydrogen-bond donors (Lipinski definition) is 1. The average Bonchev–Trinajstić information content (AvgIpc) is 2.61. The second kappa shape index (κ2) is 12.4. The van der Waals surface area contributed by atoms with Gasteiger partial charge in [-0.1, -0.05) is 44.8 Å². The summed E-state index contributed by atoms with van der Waals surface area (Å²) >= 11 is 0. The molecule has 0 aromatic heterocycles. The average molecular weight is 343 g/mol. The summed E-state index contributed by atoms with van der Waals surface area (Å²) in [4.78, 5) is 11.6. The van der Waals surface area contributed by atoms with Gasteiger partial charge in [-0.3, -0.25) is 4.79 Å². The van der Waals surface area contributed by atoms with Crippen molar-refractivity contribution in [3.05, 3.63) is 12.2 Å². The van der Waals surface area contributed by atoms with E-state index in [0.717, 1.165) is 12.8 Å². The van der Waals surface area contributed by atoms with Crippen molar-refractivity contribution in [3.8, 4) is 0 Å². The molecule has 0 spiro atoms. The van der Waals surface area contributed by atoms with Crippen LogP contribution in [0.3, 0.4) is 0 Å². The Kier molecular flexibility index (Phi) is 10.9. The number of methoxy groups -OCH3 is 2. The van der Waals surface area contributed by atoms with Crippen molar-refractivity contribution >= 4 is 5.97 Å². The van der Waals surface area contributed by atoms with Crippen LogP contribution in [0, 0.1) is 0 Å². The third kappa shape index (κ3) is 6.89. The molecule has 0 amide bonds. The minimum Gasteiger partial charge on any atom is -0.455 e. The molecular weight excluding hydrogens is 310 g/mol. The molecule has 0 aromatic carbocycles. The van der Waals surface area contributed by atoms with Crippen molar-refractivity contribution in [1.82, 2.24) is 0 Å². The first-order valence-electron chi connectivity index (χ1n) is 8.91. The number of esters is 1. The second-order valence-corrected chi connectivity index (χ2v) is 6.06. The molecule has 1 saturated heterocycles. The van der Waals surface area contributed by atoms with Crippen LogP contribution in [-0.4, -0.2) is 57.8 Å². The summed E-state index contributed by atoms with van der Waals surface area (Å²) in [5.41, 5.74) is 5.36. The van der Waals surface area contributed by atoms with Crippen LogP contribution in [-0.2, 0) is 23.7 Å². The first-order valence-corrected chi connectivity index (χ1v) is 8.91. The molecule has 6 heteroatoms. The molecule has 1 aliphatic rings. The second-order valence-electron chi connectivity index (χ2n) is 6.06. The molecule has 4 atom stereocenters. The summed E-state index contributed by atoms with van der Waals surface area (Å²) < 4.78 is 22.1. The maximum absolute atomic E-state index is 11.6. The van der Waals surface area contributed by atoms with E-state index in [2.05, 4.69) is 13.0 Å². The van der Waals surface area contributed by atoms with Crippen molar-refractivity contribution < 1.29 is 23.7 Å². The Labute approximate surface area is 145 Å². The highest BCUT2D eigenvalue weighted by Crippen LogP contribution is 2.24. The van der Waals surface area contributed by atoms with E-state index in [0.29, 0.717) is 6.61 Å². The number of carbonyl (C=O) groups is 1. The monoisotopic (exact) mass is 343 g/mol. The van der Waals surface area contributed by atoms with E-state index in [1.165, 1.54) is 25.7 Å². The van der Waals surface area contributed by atoms with Gasteiger partial charge in [0.2, 0.25) is 0 Å². The summed E-state index contributed by atoms with van der Waals surface area (Å²) in [6.07, 6.45) is 9.73. The first kappa shape index (κ1) is 21.1. The third-order valence-electron chi connectivity index (χ3n) is 4.28. The molecule has 140 valence electrons. The van der Waals surface area contributed by atoms with Crippen LogP contribution in [0.4, 0.5) is 0 Å². The highest BCUT2D eigenvalue weighted by atomic mass is 16.6. The molecule has 0 unspecified atom stereocenters. The van der Waals surface area contributed by atoms with E-state index < -0.39 is 12.1 Å². The van der Waals surface area contributed by atoms with Gasteiger partial charge in [0.15, 0.2) is 6.10 Å². The third-order valence-corrected chi connectivity index (χ3v) is 4.28. The largest absolute Gasteiger partial charge is 0.455 e. The highest BCUT2D eigenvalue weighted by molar-refractivity contribution is 5.71. The van der Waals surface area contributed by atoms with Gasteiger partial charge in [0.25, 0.3) is 0 Å². The van der Waals surface area contributed by atoms with E-state index in [9.17, 15) is 4.79 Å². The lowest BCUT2D eigenvalue weighted by Gasteiger charge is -2.39. The Morgan fingerprint density at radius 1 is 1.17 bits per heavy atom. The van der Waals surface area contributed by atoms with Gasteiger partial charge in [0.05, 0.1) is 13.2 Å². The molecule has 0 saturated carbocycles. The predicted molar refractivity (Wildman–Crippen MR) is 92.8 cm³/mol. The Hall–Kier alpha value is -0.950. The molecule has 1 aliphatic heterocycles. The van der Waals surface area contributed by atoms with Crippen LogP contribution < -0.4 is 5.73 Å². The molecule has 6 nitrogen and oxygen atoms in total. The SMILES string of the molecule is CCCCCCC/C=C/[C@@H]1OC[C@@H](OC)[C@H](OC)[C@@H]1OC(=O)CN. The summed E-state index contributed by atoms with van der Waals surface area (Å²) in [6.45, 7) is 2.44. The van der Waals surface area contributed by atoms with E-state index in [4.69, 9.17) is 24.7 Å². The van der Waals surface area contributed by atoms with Crippen molar-refractivity contribution in [2.24, 2.45) is 5.73 Å². The molecular formula is C18H33NO5. The number of carbonyl (C=O) groups excluding carboxylic acids is 1. The Balaban J connectivity index is 2.59. The summed E-state index contributed by atoms with van der Waals surface area (Å²) in [5.74, 6) is -0.472. The molecule has 1 fully saturated rings. The topological polar surface area (TPSA) is 80.0 Å². The fourth-order valence-corrected chi connectivity index (χ4v) is 2.88. The number of unbranched alkanes of at least 4 members (excludes halogenated alkanes) is 5. The Morgan fingerprint density at radius 2 is 1.92 bits per heavy atom.